The predicted molar refractivity (Wildman–Crippen MR) is 106 cm³/mol. The second-order valence-electron chi connectivity index (χ2n) is 8.28. The van der Waals surface area contributed by atoms with Crippen LogP contribution in [0.4, 0.5) is 0 Å². The number of hydrogen-bond acceptors (Lipinski definition) is 4. The van der Waals surface area contributed by atoms with Gasteiger partial charge in [-0.2, -0.15) is 0 Å². The van der Waals surface area contributed by atoms with Crippen LogP contribution in [0.15, 0.2) is 12.1 Å². The van der Waals surface area contributed by atoms with Gasteiger partial charge in [-0.15, -0.1) is 11.3 Å². The third-order valence-corrected chi connectivity index (χ3v) is 7.56. The second kappa shape index (κ2) is 7.92. The molecule has 0 N–H and O–H groups in total. The van der Waals surface area contributed by atoms with Crippen molar-refractivity contribution >= 4 is 23.2 Å². The maximum absolute atomic E-state index is 13.7. The summed E-state index contributed by atoms with van der Waals surface area (Å²) >= 11 is 1.53. The molecule has 148 valence electrons. The Hall–Kier alpha value is -1.40. The number of nitrogens with zero attached hydrogens (tertiary/aromatic N) is 2. The zero-order valence-electron chi connectivity index (χ0n) is 16.2. The molecule has 0 bridgehead atoms. The Labute approximate surface area is 165 Å². The van der Waals surface area contributed by atoms with Crippen molar-refractivity contribution in [1.82, 2.24) is 9.80 Å². The molecule has 4 heterocycles. The summed E-state index contributed by atoms with van der Waals surface area (Å²) in [6.45, 7) is 5.77. The van der Waals surface area contributed by atoms with E-state index in [0.717, 1.165) is 61.4 Å². The summed E-state index contributed by atoms with van der Waals surface area (Å²) in [5.74, 6) is 0.215. The highest BCUT2D eigenvalue weighted by Crippen LogP contribution is 2.45. The van der Waals surface area contributed by atoms with E-state index in [0.29, 0.717) is 19.8 Å². The molecule has 3 saturated heterocycles. The third-order valence-electron chi connectivity index (χ3n) is 6.57. The normalized spacial score (nSPS) is 25.6. The average molecular weight is 391 g/mol. The van der Waals surface area contributed by atoms with Crippen molar-refractivity contribution in [2.45, 2.75) is 57.9 Å². The largest absolute Gasteiger partial charge is 0.381 e. The molecule has 0 radical (unpaired) electrons. The van der Waals surface area contributed by atoms with Crippen molar-refractivity contribution in [2.75, 3.05) is 32.8 Å². The fourth-order valence-electron chi connectivity index (χ4n) is 5.09. The molecular weight excluding hydrogens is 360 g/mol. The molecule has 6 heteroatoms. The van der Waals surface area contributed by atoms with Gasteiger partial charge in [0.05, 0.1) is 4.88 Å². The minimum Gasteiger partial charge on any atom is -0.381 e. The van der Waals surface area contributed by atoms with E-state index >= 15 is 0 Å². The maximum atomic E-state index is 13.7. The Bertz CT molecular complexity index is 684. The molecule has 0 aliphatic carbocycles. The summed E-state index contributed by atoms with van der Waals surface area (Å²) in [5.41, 5.74) is -0.118. The Morgan fingerprint density at radius 3 is 2.44 bits per heavy atom. The van der Waals surface area contributed by atoms with Gasteiger partial charge in [0, 0.05) is 43.1 Å². The van der Waals surface area contributed by atoms with Crippen molar-refractivity contribution in [2.24, 2.45) is 5.41 Å². The first-order valence-corrected chi connectivity index (χ1v) is 11.2. The molecule has 3 aliphatic heterocycles. The van der Waals surface area contributed by atoms with E-state index in [1.54, 1.807) is 0 Å². The lowest BCUT2D eigenvalue weighted by atomic mass is 9.67. The fraction of sp³-hybridized carbons (Fsp3) is 0.714. The van der Waals surface area contributed by atoms with Crippen molar-refractivity contribution in [3.05, 3.63) is 21.9 Å². The zero-order chi connectivity index (χ0) is 18.9. The Morgan fingerprint density at radius 1 is 1.04 bits per heavy atom. The Kier molecular flexibility index (Phi) is 5.55. The first-order valence-electron chi connectivity index (χ1n) is 10.3. The van der Waals surface area contributed by atoms with E-state index in [2.05, 4.69) is 0 Å². The van der Waals surface area contributed by atoms with E-state index in [4.69, 9.17) is 4.74 Å². The van der Waals surface area contributed by atoms with Gasteiger partial charge in [0.25, 0.3) is 5.91 Å². The first kappa shape index (κ1) is 18.9. The number of carbonyl (C=O) groups excluding carboxylic acids is 2. The molecule has 3 aliphatic rings. The van der Waals surface area contributed by atoms with E-state index in [-0.39, 0.29) is 23.3 Å². The van der Waals surface area contributed by atoms with Crippen LogP contribution in [-0.2, 0) is 9.53 Å². The molecule has 4 rings (SSSR count). The number of aryl methyl sites for hydroxylation is 1. The maximum Gasteiger partial charge on any atom is 0.264 e. The van der Waals surface area contributed by atoms with Gasteiger partial charge in [0.2, 0.25) is 5.91 Å². The van der Waals surface area contributed by atoms with Gasteiger partial charge < -0.3 is 14.5 Å². The van der Waals surface area contributed by atoms with Gasteiger partial charge in [-0.1, -0.05) is 0 Å². The molecule has 1 unspecified atom stereocenters. The van der Waals surface area contributed by atoms with Crippen LogP contribution in [0.25, 0.3) is 0 Å². The third kappa shape index (κ3) is 3.66. The fourth-order valence-corrected chi connectivity index (χ4v) is 5.92. The summed E-state index contributed by atoms with van der Waals surface area (Å²) in [5, 5.41) is 0. The molecule has 3 fully saturated rings. The molecule has 27 heavy (non-hydrogen) atoms. The lowest BCUT2D eigenvalue weighted by Gasteiger charge is -2.52. The minimum absolute atomic E-state index is 0.0361. The van der Waals surface area contributed by atoms with Gasteiger partial charge in [0.1, 0.15) is 6.04 Å². The quantitative estimate of drug-likeness (QED) is 0.777. The van der Waals surface area contributed by atoms with Crippen molar-refractivity contribution in [3.8, 4) is 0 Å². The number of rotatable bonds is 2. The SMILES string of the molecule is Cc1ccc(C(=O)N2CCCC3(CCOCC3)C2C(=O)N2CCCCC2)s1. The molecule has 1 spiro atoms. The molecule has 1 atom stereocenters. The molecule has 0 saturated carbocycles. The highest BCUT2D eigenvalue weighted by molar-refractivity contribution is 7.13. The van der Waals surface area contributed by atoms with Gasteiger partial charge in [-0.25, -0.2) is 0 Å². The van der Waals surface area contributed by atoms with Crippen LogP contribution in [-0.4, -0.2) is 60.5 Å². The Balaban J connectivity index is 1.66. The van der Waals surface area contributed by atoms with Gasteiger partial charge in [-0.05, 0) is 64.0 Å². The monoisotopic (exact) mass is 390 g/mol. The van der Waals surface area contributed by atoms with Crippen LogP contribution >= 0.6 is 11.3 Å². The van der Waals surface area contributed by atoms with Crippen molar-refractivity contribution in [1.29, 1.82) is 0 Å². The van der Waals surface area contributed by atoms with Crippen molar-refractivity contribution < 1.29 is 14.3 Å². The summed E-state index contributed by atoms with van der Waals surface area (Å²) < 4.78 is 5.63. The van der Waals surface area contributed by atoms with E-state index in [1.807, 2.05) is 28.9 Å². The molecule has 2 amide bonds. The highest BCUT2D eigenvalue weighted by atomic mass is 32.1. The molecular formula is C21H30N2O3S. The van der Waals surface area contributed by atoms with Crippen LogP contribution in [0.5, 0.6) is 0 Å². The van der Waals surface area contributed by atoms with E-state index in [9.17, 15) is 9.59 Å². The Morgan fingerprint density at radius 2 is 1.78 bits per heavy atom. The standard InChI is InChI=1S/C21H30N2O3S/c1-16-6-7-17(27-16)19(24)23-13-5-8-21(9-14-26-15-10-21)18(23)20(25)22-11-3-2-4-12-22/h6-7,18H,2-5,8-15H2,1H3. The number of likely N-dealkylation sites (tertiary alicyclic amines) is 2. The number of amides is 2. The summed E-state index contributed by atoms with van der Waals surface area (Å²) in [4.78, 5) is 32.9. The van der Waals surface area contributed by atoms with Crippen LogP contribution in [0, 0.1) is 12.3 Å². The van der Waals surface area contributed by atoms with E-state index < -0.39 is 0 Å². The number of piperidine rings is 2. The topological polar surface area (TPSA) is 49.9 Å². The van der Waals surface area contributed by atoms with Crippen LogP contribution < -0.4 is 0 Å². The van der Waals surface area contributed by atoms with Crippen LogP contribution in [0.1, 0.15) is 59.5 Å². The minimum atomic E-state index is -0.330. The number of carbonyl (C=O) groups is 2. The summed E-state index contributed by atoms with van der Waals surface area (Å²) in [6, 6.07) is 3.58. The first-order chi connectivity index (χ1) is 13.1. The van der Waals surface area contributed by atoms with Gasteiger partial charge in [0.15, 0.2) is 0 Å². The van der Waals surface area contributed by atoms with E-state index in [1.165, 1.54) is 17.8 Å². The molecule has 1 aromatic rings. The second-order valence-corrected chi connectivity index (χ2v) is 9.56. The molecule has 5 nitrogen and oxygen atoms in total. The lowest BCUT2D eigenvalue weighted by Crippen LogP contribution is -2.63. The van der Waals surface area contributed by atoms with Crippen LogP contribution in [0.2, 0.25) is 0 Å². The van der Waals surface area contributed by atoms with Gasteiger partial charge in [-0.3, -0.25) is 9.59 Å². The number of thiophene rings is 1. The summed E-state index contributed by atoms with van der Waals surface area (Å²) in [7, 11) is 0. The smallest absolute Gasteiger partial charge is 0.264 e. The number of hydrogen-bond donors (Lipinski definition) is 0. The summed E-state index contributed by atoms with van der Waals surface area (Å²) in [6.07, 6.45) is 7.10. The number of ether oxygens (including phenoxy) is 1. The highest BCUT2D eigenvalue weighted by Gasteiger charge is 2.51. The van der Waals surface area contributed by atoms with Crippen molar-refractivity contribution in [3.63, 3.8) is 0 Å². The lowest BCUT2D eigenvalue weighted by molar-refractivity contribution is -0.149. The van der Waals surface area contributed by atoms with Crippen LogP contribution in [0.3, 0.4) is 0 Å². The average Bonchev–Trinajstić information content (AvgIpc) is 3.14. The molecule has 1 aromatic heterocycles. The van der Waals surface area contributed by atoms with Gasteiger partial charge >= 0.3 is 0 Å². The predicted octanol–water partition coefficient (Wildman–Crippen LogP) is 3.47. The molecule has 0 aromatic carbocycles. The zero-order valence-corrected chi connectivity index (χ0v) is 17.1.